The van der Waals surface area contributed by atoms with Crippen LogP contribution in [-0.2, 0) is 0 Å². The summed E-state index contributed by atoms with van der Waals surface area (Å²) in [5.41, 5.74) is 2.16. The number of nitrogens with zero attached hydrogens (tertiary/aromatic N) is 2. The summed E-state index contributed by atoms with van der Waals surface area (Å²) in [6.45, 7) is 4.42. The normalized spacial score (nSPS) is 16.6. The maximum absolute atomic E-state index is 13.0. The SMILES string of the molecule is C[C@@H](CN1CCC(n2c(=O)[nH]c3cc(Br)ccc32)CC1)NC(=O)c1ccc(F)cc1. The van der Waals surface area contributed by atoms with E-state index in [0.717, 1.165) is 48.0 Å². The molecule has 1 aliphatic heterocycles. The van der Waals surface area contributed by atoms with Gasteiger partial charge in [0, 0.05) is 41.8 Å². The molecule has 0 spiro atoms. The summed E-state index contributed by atoms with van der Waals surface area (Å²) < 4.78 is 15.8. The summed E-state index contributed by atoms with van der Waals surface area (Å²) in [7, 11) is 0. The third kappa shape index (κ3) is 4.49. The lowest BCUT2D eigenvalue weighted by molar-refractivity contribution is 0.0921. The van der Waals surface area contributed by atoms with Gasteiger partial charge in [0.05, 0.1) is 11.0 Å². The molecule has 30 heavy (non-hydrogen) atoms. The fraction of sp³-hybridized carbons (Fsp3) is 0.364. The van der Waals surface area contributed by atoms with Crippen LogP contribution < -0.4 is 11.0 Å². The highest BCUT2D eigenvalue weighted by molar-refractivity contribution is 9.10. The van der Waals surface area contributed by atoms with Crippen molar-refractivity contribution in [3.63, 3.8) is 0 Å². The molecule has 0 aliphatic carbocycles. The van der Waals surface area contributed by atoms with Crippen LogP contribution in [0.15, 0.2) is 51.7 Å². The molecule has 1 amide bonds. The Balaban J connectivity index is 1.34. The highest BCUT2D eigenvalue weighted by Crippen LogP contribution is 2.26. The maximum Gasteiger partial charge on any atom is 0.326 e. The number of carbonyl (C=O) groups excluding carboxylic acids is 1. The van der Waals surface area contributed by atoms with Crippen LogP contribution in [0.1, 0.15) is 36.2 Å². The van der Waals surface area contributed by atoms with Crippen molar-refractivity contribution in [1.29, 1.82) is 0 Å². The summed E-state index contributed by atoms with van der Waals surface area (Å²) >= 11 is 3.44. The van der Waals surface area contributed by atoms with E-state index >= 15 is 0 Å². The Hall–Kier alpha value is -2.45. The van der Waals surface area contributed by atoms with Crippen LogP contribution in [0.2, 0.25) is 0 Å². The van der Waals surface area contributed by atoms with E-state index in [0.29, 0.717) is 5.56 Å². The Morgan fingerprint density at radius 1 is 1.23 bits per heavy atom. The summed E-state index contributed by atoms with van der Waals surface area (Å²) in [6, 6.07) is 11.5. The predicted octanol–water partition coefficient (Wildman–Crippen LogP) is 3.69. The Kier molecular flexibility index (Phi) is 6.06. The lowest BCUT2D eigenvalue weighted by atomic mass is 10.0. The van der Waals surface area contributed by atoms with E-state index in [4.69, 9.17) is 0 Å². The molecule has 1 fully saturated rings. The molecule has 0 saturated carbocycles. The number of halogens is 2. The van der Waals surface area contributed by atoms with Gasteiger partial charge in [-0.05, 0) is 62.2 Å². The van der Waals surface area contributed by atoms with Crippen LogP contribution in [0.3, 0.4) is 0 Å². The first-order chi connectivity index (χ1) is 14.4. The van der Waals surface area contributed by atoms with Crippen LogP contribution in [0, 0.1) is 5.82 Å². The number of H-pyrrole nitrogens is 1. The number of aromatic nitrogens is 2. The van der Waals surface area contributed by atoms with Gasteiger partial charge in [-0.15, -0.1) is 0 Å². The van der Waals surface area contributed by atoms with Crippen molar-refractivity contribution < 1.29 is 9.18 Å². The third-order valence-corrected chi connectivity index (χ3v) is 6.11. The quantitative estimate of drug-likeness (QED) is 0.592. The number of rotatable bonds is 5. The summed E-state index contributed by atoms with van der Waals surface area (Å²) in [6.07, 6.45) is 1.75. The zero-order chi connectivity index (χ0) is 21.3. The zero-order valence-electron chi connectivity index (χ0n) is 16.7. The molecule has 6 nitrogen and oxygen atoms in total. The van der Waals surface area contributed by atoms with E-state index in [1.807, 2.05) is 29.7 Å². The van der Waals surface area contributed by atoms with Crippen LogP contribution in [0.4, 0.5) is 4.39 Å². The van der Waals surface area contributed by atoms with Crippen LogP contribution in [0.25, 0.3) is 11.0 Å². The van der Waals surface area contributed by atoms with Gasteiger partial charge in [0.1, 0.15) is 5.82 Å². The van der Waals surface area contributed by atoms with E-state index in [2.05, 4.69) is 31.1 Å². The van der Waals surface area contributed by atoms with Crippen molar-refractivity contribution in [2.75, 3.05) is 19.6 Å². The zero-order valence-corrected chi connectivity index (χ0v) is 18.3. The molecule has 158 valence electrons. The number of carbonyl (C=O) groups is 1. The summed E-state index contributed by atoms with van der Waals surface area (Å²) in [5.74, 6) is -0.557. The van der Waals surface area contributed by atoms with Gasteiger partial charge in [-0.2, -0.15) is 0 Å². The molecule has 1 aromatic heterocycles. The maximum atomic E-state index is 13.0. The van der Waals surface area contributed by atoms with Crippen LogP contribution in [0.5, 0.6) is 0 Å². The van der Waals surface area contributed by atoms with Crippen molar-refractivity contribution in [3.8, 4) is 0 Å². The number of likely N-dealkylation sites (tertiary alicyclic amines) is 1. The van der Waals surface area contributed by atoms with Crippen molar-refractivity contribution in [2.45, 2.75) is 31.8 Å². The molecule has 8 heteroatoms. The second-order valence-corrected chi connectivity index (χ2v) is 8.79. The monoisotopic (exact) mass is 474 g/mol. The van der Waals surface area contributed by atoms with Gasteiger partial charge in [-0.3, -0.25) is 9.36 Å². The van der Waals surface area contributed by atoms with Crippen molar-refractivity contribution in [1.82, 2.24) is 19.8 Å². The number of hydrogen-bond acceptors (Lipinski definition) is 3. The van der Waals surface area contributed by atoms with Gasteiger partial charge in [-0.25, -0.2) is 9.18 Å². The molecular weight excluding hydrogens is 451 g/mol. The van der Waals surface area contributed by atoms with Gasteiger partial charge >= 0.3 is 5.69 Å². The summed E-state index contributed by atoms with van der Waals surface area (Å²) in [5, 5.41) is 2.97. The van der Waals surface area contributed by atoms with Crippen LogP contribution in [-0.4, -0.2) is 46.0 Å². The Labute approximate surface area is 182 Å². The molecule has 0 bridgehead atoms. The van der Waals surface area contributed by atoms with Gasteiger partial charge in [-0.1, -0.05) is 15.9 Å². The Bertz CT molecular complexity index is 1100. The molecule has 0 radical (unpaired) electrons. The third-order valence-electron chi connectivity index (χ3n) is 5.62. The minimum absolute atomic E-state index is 0.0349. The molecule has 1 saturated heterocycles. The molecular formula is C22H24BrFN4O2. The van der Waals surface area contributed by atoms with Crippen molar-refractivity contribution >= 4 is 32.9 Å². The van der Waals surface area contributed by atoms with E-state index in [1.165, 1.54) is 24.3 Å². The van der Waals surface area contributed by atoms with E-state index in [9.17, 15) is 14.0 Å². The first kappa shape index (κ1) is 20.8. The average Bonchev–Trinajstić information content (AvgIpc) is 3.03. The second kappa shape index (κ2) is 8.73. The number of piperidine rings is 1. The molecule has 2 heterocycles. The van der Waals surface area contributed by atoms with E-state index in [1.54, 1.807) is 0 Å². The highest BCUT2D eigenvalue weighted by Gasteiger charge is 2.24. The van der Waals surface area contributed by atoms with E-state index in [-0.39, 0.29) is 29.5 Å². The smallest absolute Gasteiger partial charge is 0.326 e. The second-order valence-electron chi connectivity index (χ2n) is 7.87. The standard InChI is InChI=1S/C22H24BrFN4O2/c1-14(25-21(29)15-2-5-17(24)6-3-15)13-27-10-8-18(9-11-27)28-20-7-4-16(23)12-19(20)26-22(28)30/h2-7,12,14,18H,8-11,13H2,1H3,(H,25,29)(H,26,30)/t14-/m0/s1. The molecule has 2 N–H and O–H groups in total. The van der Waals surface area contributed by atoms with Gasteiger partial charge in [0.2, 0.25) is 0 Å². The highest BCUT2D eigenvalue weighted by atomic mass is 79.9. The number of aromatic amines is 1. The molecule has 4 rings (SSSR count). The number of hydrogen-bond donors (Lipinski definition) is 2. The van der Waals surface area contributed by atoms with Crippen LogP contribution >= 0.6 is 15.9 Å². The first-order valence-electron chi connectivity index (χ1n) is 10.1. The number of benzene rings is 2. The topological polar surface area (TPSA) is 70.1 Å². The lowest BCUT2D eigenvalue weighted by Gasteiger charge is -2.34. The Morgan fingerprint density at radius 2 is 1.93 bits per heavy atom. The van der Waals surface area contributed by atoms with Gasteiger partial charge < -0.3 is 15.2 Å². The Morgan fingerprint density at radius 3 is 2.63 bits per heavy atom. The molecule has 2 aromatic carbocycles. The van der Waals surface area contributed by atoms with Crippen molar-refractivity contribution in [3.05, 3.63) is 68.8 Å². The number of amides is 1. The van der Waals surface area contributed by atoms with Gasteiger partial charge in [0.15, 0.2) is 0 Å². The number of fused-ring (bicyclic) bond motifs is 1. The molecule has 3 aromatic rings. The minimum atomic E-state index is -0.357. The first-order valence-corrected chi connectivity index (χ1v) is 10.9. The average molecular weight is 475 g/mol. The predicted molar refractivity (Wildman–Crippen MR) is 118 cm³/mol. The number of nitrogens with one attached hydrogen (secondary N) is 2. The van der Waals surface area contributed by atoms with Gasteiger partial charge in [0.25, 0.3) is 5.91 Å². The minimum Gasteiger partial charge on any atom is -0.348 e. The fourth-order valence-electron chi connectivity index (χ4n) is 4.17. The lowest BCUT2D eigenvalue weighted by Crippen LogP contribution is -2.45. The molecule has 0 unspecified atom stereocenters. The molecule has 1 aliphatic rings. The fourth-order valence-corrected chi connectivity index (χ4v) is 4.53. The largest absolute Gasteiger partial charge is 0.348 e. The van der Waals surface area contributed by atoms with Crippen molar-refractivity contribution in [2.24, 2.45) is 0 Å². The summed E-state index contributed by atoms with van der Waals surface area (Å²) in [4.78, 5) is 30.0. The van der Waals surface area contributed by atoms with E-state index < -0.39 is 0 Å². The number of imidazole rings is 1. The molecule has 1 atom stereocenters.